The van der Waals surface area contributed by atoms with Gasteiger partial charge in [-0.2, -0.15) is 5.10 Å². The van der Waals surface area contributed by atoms with Crippen molar-refractivity contribution in [3.05, 3.63) is 35.4 Å². The third kappa shape index (κ3) is 3.01. The molecule has 0 spiro atoms. The van der Waals surface area contributed by atoms with E-state index in [4.69, 9.17) is 11.6 Å². The first-order valence-corrected chi connectivity index (χ1v) is 5.92. The number of aromatic nitrogens is 2. The number of anilines is 1. The minimum Gasteiger partial charge on any atom is -0.364 e. The lowest BCUT2D eigenvalue weighted by Crippen LogP contribution is -2.26. The molecule has 0 bridgehead atoms. The van der Waals surface area contributed by atoms with Crippen LogP contribution in [0.15, 0.2) is 30.3 Å². The molecule has 0 aliphatic carbocycles. The van der Waals surface area contributed by atoms with E-state index in [-0.39, 0.29) is 5.54 Å². The Morgan fingerprint density at radius 2 is 1.94 bits per heavy atom. The quantitative estimate of drug-likeness (QED) is 0.846. The van der Waals surface area contributed by atoms with E-state index in [9.17, 15) is 0 Å². The highest BCUT2D eigenvalue weighted by molar-refractivity contribution is 6.33. The number of aromatic amines is 1. The van der Waals surface area contributed by atoms with Crippen LogP contribution >= 0.6 is 11.6 Å². The van der Waals surface area contributed by atoms with Crippen LogP contribution in [0.25, 0.3) is 11.3 Å². The Kier molecular flexibility index (Phi) is 3.11. The fraction of sp³-hybridized carbons (Fsp3) is 0.308. The Hall–Kier alpha value is -1.48. The monoisotopic (exact) mass is 249 g/mol. The summed E-state index contributed by atoms with van der Waals surface area (Å²) >= 11 is 6.13. The van der Waals surface area contributed by atoms with E-state index in [0.29, 0.717) is 0 Å². The number of H-pyrrole nitrogens is 1. The molecular formula is C13H16ClN3. The van der Waals surface area contributed by atoms with E-state index in [1.54, 1.807) is 0 Å². The van der Waals surface area contributed by atoms with Crippen molar-refractivity contribution in [3.8, 4) is 11.3 Å². The molecule has 0 saturated carbocycles. The maximum absolute atomic E-state index is 6.13. The van der Waals surface area contributed by atoms with Gasteiger partial charge in [-0.3, -0.25) is 5.10 Å². The number of nitrogens with zero attached hydrogens (tertiary/aromatic N) is 1. The van der Waals surface area contributed by atoms with E-state index in [0.717, 1.165) is 22.1 Å². The molecule has 2 N–H and O–H groups in total. The number of halogens is 1. The highest BCUT2D eigenvalue weighted by Gasteiger charge is 2.12. The van der Waals surface area contributed by atoms with E-state index in [1.165, 1.54) is 0 Å². The zero-order valence-electron chi connectivity index (χ0n) is 10.2. The van der Waals surface area contributed by atoms with Crippen LogP contribution in [0.1, 0.15) is 20.8 Å². The second-order valence-electron chi connectivity index (χ2n) is 5.02. The fourth-order valence-electron chi connectivity index (χ4n) is 1.59. The zero-order chi connectivity index (χ0) is 12.5. The van der Waals surface area contributed by atoms with Crippen molar-refractivity contribution < 1.29 is 0 Å². The van der Waals surface area contributed by atoms with Crippen molar-refractivity contribution in [2.45, 2.75) is 26.3 Å². The average Bonchev–Trinajstić information content (AvgIpc) is 2.64. The van der Waals surface area contributed by atoms with Crippen LogP contribution in [-0.2, 0) is 0 Å². The molecule has 1 aromatic carbocycles. The van der Waals surface area contributed by atoms with Gasteiger partial charge in [-0.1, -0.05) is 29.8 Å². The van der Waals surface area contributed by atoms with E-state index < -0.39 is 0 Å². The van der Waals surface area contributed by atoms with Gasteiger partial charge in [0.25, 0.3) is 0 Å². The Morgan fingerprint density at radius 3 is 2.59 bits per heavy atom. The normalized spacial score (nSPS) is 11.5. The highest BCUT2D eigenvalue weighted by Crippen LogP contribution is 2.27. The lowest BCUT2D eigenvalue weighted by molar-refractivity contribution is 0.630. The molecule has 2 rings (SSSR count). The second kappa shape index (κ2) is 4.41. The first kappa shape index (κ1) is 12.0. The van der Waals surface area contributed by atoms with Gasteiger partial charge in [0, 0.05) is 22.2 Å². The molecule has 0 aliphatic rings. The maximum atomic E-state index is 6.13. The second-order valence-corrected chi connectivity index (χ2v) is 5.43. The number of hydrogen-bond donors (Lipinski definition) is 2. The molecule has 0 unspecified atom stereocenters. The van der Waals surface area contributed by atoms with Crippen molar-refractivity contribution in [2.75, 3.05) is 5.32 Å². The van der Waals surface area contributed by atoms with E-state index in [2.05, 4.69) is 36.3 Å². The van der Waals surface area contributed by atoms with Crippen LogP contribution in [0.3, 0.4) is 0 Å². The molecule has 2 aromatic rings. The Balaban J connectivity index is 2.28. The molecule has 3 nitrogen and oxygen atoms in total. The first-order valence-electron chi connectivity index (χ1n) is 5.54. The summed E-state index contributed by atoms with van der Waals surface area (Å²) in [5.41, 5.74) is 1.87. The van der Waals surface area contributed by atoms with Crippen LogP contribution < -0.4 is 5.32 Å². The minimum atomic E-state index is -0.00700. The van der Waals surface area contributed by atoms with Crippen molar-refractivity contribution in [2.24, 2.45) is 0 Å². The standard InChI is InChI=1S/C13H16ClN3/c1-13(2,3)15-12-8-11(16-17-12)9-6-4-5-7-10(9)14/h4-8H,1-3H3,(H2,15,16,17). The van der Waals surface area contributed by atoms with E-state index >= 15 is 0 Å². The summed E-state index contributed by atoms with van der Waals surface area (Å²) in [5, 5.41) is 11.2. The van der Waals surface area contributed by atoms with E-state index in [1.807, 2.05) is 30.3 Å². The smallest absolute Gasteiger partial charge is 0.148 e. The molecule has 0 radical (unpaired) electrons. The summed E-state index contributed by atoms with van der Waals surface area (Å²) in [6, 6.07) is 9.67. The van der Waals surface area contributed by atoms with Crippen LogP contribution in [0.2, 0.25) is 5.02 Å². The Morgan fingerprint density at radius 1 is 1.24 bits per heavy atom. The van der Waals surface area contributed by atoms with Crippen LogP contribution in [-0.4, -0.2) is 15.7 Å². The summed E-state index contributed by atoms with van der Waals surface area (Å²) < 4.78 is 0. The van der Waals surface area contributed by atoms with Gasteiger partial charge in [-0.05, 0) is 26.8 Å². The number of benzene rings is 1. The first-order chi connectivity index (χ1) is 7.96. The minimum absolute atomic E-state index is 0.00700. The van der Waals surface area contributed by atoms with Crippen LogP contribution in [0.5, 0.6) is 0 Å². The molecule has 1 heterocycles. The number of hydrogen-bond acceptors (Lipinski definition) is 2. The van der Waals surface area contributed by atoms with Gasteiger partial charge >= 0.3 is 0 Å². The molecule has 0 fully saturated rings. The van der Waals surface area contributed by atoms with Crippen LogP contribution in [0, 0.1) is 0 Å². The van der Waals surface area contributed by atoms with Gasteiger partial charge in [0.2, 0.25) is 0 Å². The lowest BCUT2D eigenvalue weighted by Gasteiger charge is -2.19. The molecule has 4 heteroatoms. The van der Waals surface area contributed by atoms with Gasteiger partial charge in [-0.25, -0.2) is 0 Å². The van der Waals surface area contributed by atoms with Crippen molar-refractivity contribution in [1.82, 2.24) is 10.2 Å². The summed E-state index contributed by atoms with van der Waals surface area (Å²) in [7, 11) is 0. The molecule has 17 heavy (non-hydrogen) atoms. The molecule has 0 saturated heterocycles. The topological polar surface area (TPSA) is 40.7 Å². The summed E-state index contributed by atoms with van der Waals surface area (Å²) in [6.45, 7) is 6.28. The molecule has 90 valence electrons. The van der Waals surface area contributed by atoms with Crippen LogP contribution in [0.4, 0.5) is 5.82 Å². The predicted molar refractivity (Wildman–Crippen MR) is 72.4 cm³/mol. The van der Waals surface area contributed by atoms with Gasteiger partial charge in [0.05, 0.1) is 5.69 Å². The SMILES string of the molecule is CC(C)(C)Nc1cc(-c2ccccc2Cl)[nH]n1. The summed E-state index contributed by atoms with van der Waals surface area (Å²) in [5.74, 6) is 0.826. The molecular weight excluding hydrogens is 234 g/mol. The Bertz CT molecular complexity index is 511. The van der Waals surface area contributed by atoms with Gasteiger partial charge in [0.1, 0.15) is 5.82 Å². The predicted octanol–water partition coefficient (Wildman–Crippen LogP) is 3.94. The molecule has 0 aliphatic heterocycles. The van der Waals surface area contributed by atoms with Gasteiger partial charge < -0.3 is 5.32 Å². The van der Waals surface area contributed by atoms with Gasteiger partial charge in [-0.15, -0.1) is 0 Å². The highest BCUT2D eigenvalue weighted by atomic mass is 35.5. The number of rotatable bonds is 2. The van der Waals surface area contributed by atoms with Crippen molar-refractivity contribution in [1.29, 1.82) is 0 Å². The molecule has 1 aromatic heterocycles. The van der Waals surface area contributed by atoms with Crippen molar-refractivity contribution >= 4 is 17.4 Å². The average molecular weight is 250 g/mol. The molecule has 0 atom stereocenters. The summed E-state index contributed by atoms with van der Waals surface area (Å²) in [6.07, 6.45) is 0. The van der Waals surface area contributed by atoms with Crippen molar-refractivity contribution in [3.63, 3.8) is 0 Å². The fourth-order valence-corrected chi connectivity index (χ4v) is 1.83. The molecule has 0 amide bonds. The Labute approximate surface area is 106 Å². The number of nitrogens with one attached hydrogen (secondary N) is 2. The summed E-state index contributed by atoms with van der Waals surface area (Å²) in [4.78, 5) is 0. The third-order valence-corrected chi connectivity index (χ3v) is 2.57. The largest absolute Gasteiger partial charge is 0.364 e. The zero-order valence-corrected chi connectivity index (χ0v) is 11.0. The third-order valence-electron chi connectivity index (χ3n) is 2.24. The maximum Gasteiger partial charge on any atom is 0.148 e. The van der Waals surface area contributed by atoms with Gasteiger partial charge in [0.15, 0.2) is 0 Å². The lowest BCUT2D eigenvalue weighted by atomic mass is 10.1.